The number of nitrogens with one attached hydrogen (secondary N) is 1. The Morgan fingerprint density at radius 3 is 2.88 bits per heavy atom. The number of rotatable bonds is 2. The smallest absolute Gasteiger partial charge is 0.256 e. The number of aromatic amines is 1. The summed E-state index contributed by atoms with van der Waals surface area (Å²) in [6, 6.07) is 8.57. The SMILES string of the molecule is Cc1cc(=O)c2cccc(C(=O)N3CCn4nc(C(C)O)cc4C3)c2[nH]1. The molecule has 0 saturated heterocycles. The molecule has 1 aromatic carbocycles. The van der Waals surface area contributed by atoms with Gasteiger partial charge in [-0.3, -0.25) is 14.3 Å². The highest BCUT2D eigenvalue weighted by Crippen LogP contribution is 2.22. The summed E-state index contributed by atoms with van der Waals surface area (Å²) in [5.74, 6) is -0.122. The van der Waals surface area contributed by atoms with Crippen LogP contribution in [0, 0.1) is 6.92 Å². The average Bonchev–Trinajstić information content (AvgIpc) is 3.04. The molecule has 3 aromatic rings. The third kappa shape index (κ3) is 2.70. The fraction of sp³-hybridized carbons (Fsp3) is 0.316. The first-order valence-corrected chi connectivity index (χ1v) is 8.60. The first-order chi connectivity index (χ1) is 12.4. The molecule has 1 atom stereocenters. The Kier molecular flexibility index (Phi) is 3.88. The predicted molar refractivity (Wildman–Crippen MR) is 96.9 cm³/mol. The minimum absolute atomic E-state index is 0.0933. The lowest BCUT2D eigenvalue weighted by Gasteiger charge is -2.28. The molecule has 0 fully saturated rings. The molecule has 2 aromatic heterocycles. The lowest BCUT2D eigenvalue weighted by Crippen LogP contribution is -2.38. The van der Waals surface area contributed by atoms with Crippen LogP contribution < -0.4 is 5.43 Å². The first-order valence-electron chi connectivity index (χ1n) is 8.60. The number of aliphatic hydroxyl groups excluding tert-OH is 1. The van der Waals surface area contributed by atoms with Crippen LogP contribution in [0.2, 0.25) is 0 Å². The number of hydrogen-bond acceptors (Lipinski definition) is 4. The standard InChI is InChI=1S/C19H20N4O3/c1-11-8-17(25)14-4-3-5-15(18(14)20-11)19(26)22-6-7-23-13(10-22)9-16(21-23)12(2)24/h3-5,8-9,12,24H,6-7,10H2,1-2H3,(H,20,25). The lowest BCUT2D eigenvalue weighted by atomic mass is 10.1. The summed E-state index contributed by atoms with van der Waals surface area (Å²) in [6.07, 6.45) is -0.636. The molecule has 4 rings (SSSR count). The fourth-order valence-electron chi connectivity index (χ4n) is 3.41. The van der Waals surface area contributed by atoms with E-state index in [1.807, 2.05) is 10.7 Å². The topological polar surface area (TPSA) is 91.2 Å². The summed E-state index contributed by atoms with van der Waals surface area (Å²) in [6.45, 7) is 5.00. The van der Waals surface area contributed by atoms with Crippen LogP contribution in [0.4, 0.5) is 0 Å². The number of fused-ring (bicyclic) bond motifs is 2. The molecule has 134 valence electrons. The zero-order chi connectivity index (χ0) is 18.4. The Morgan fingerprint density at radius 2 is 2.12 bits per heavy atom. The Bertz CT molecular complexity index is 1060. The number of H-pyrrole nitrogens is 1. The molecule has 0 saturated carbocycles. The number of aliphatic hydroxyl groups is 1. The Balaban J connectivity index is 1.70. The highest BCUT2D eigenvalue weighted by molar-refractivity contribution is 6.05. The molecule has 1 unspecified atom stereocenters. The number of hydrogen-bond donors (Lipinski definition) is 2. The van der Waals surface area contributed by atoms with Gasteiger partial charge in [0.15, 0.2) is 5.43 Å². The van der Waals surface area contributed by atoms with Gasteiger partial charge >= 0.3 is 0 Å². The van der Waals surface area contributed by atoms with E-state index in [-0.39, 0.29) is 11.3 Å². The number of pyridine rings is 1. The molecule has 7 nitrogen and oxygen atoms in total. The molecule has 26 heavy (non-hydrogen) atoms. The monoisotopic (exact) mass is 352 g/mol. The van der Waals surface area contributed by atoms with Crippen LogP contribution in [-0.4, -0.2) is 37.2 Å². The lowest BCUT2D eigenvalue weighted by molar-refractivity contribution is 0.0707. The number of benzene rings is 1. The zero-order valence-electron chi connectivity index (χ0n) is 14.7. The Labute approximate surface area is 149 Å². The van der Waals surface area contributed by atoms with E-state index in [0.717, 1.165) is 11.4 Å². The molecule has 0 radical (unpaired) electrons. The van der Waals surface area contributed by atoms with E-state index < -0.39 is 6.10 Å². The van der Waals surface area contributed by atoms with E-state index in [9.17, 15) is 14.7 Å². The van der Waals surface area contributed by atoms with Crippen molar-refractivity contribution in [2.45, 2.75) is 33.0 Å². The molecular formula is C19H20N4O3. The van der Waals surface area contributed by atoms with E-state index in [1.165, 1.54) is 6.07 Å². The number of aryl methyl sites for hydroxylation is 1. The second-order valence-electron chi connectivity index (χ2n) is 6.73. The normalized spacial score (nSPS) is 15.1. The second kappa shape index (κ2) is 6.10. The van der Waals surface area contributed by atoms with Gasteiger partial charge in [-0.2, -0.15) is 5.10 Å². The molecule has 1 amide bonds. The highest BCUT2D eigenvalue weighted by atomic mass is 16.3. The van der Waals surface area contributed by atoms with E-state index in [4.69, 9.17) is 0 Å². The maximum absolute atomic E-state index is 13.1. The first kappa shape index (κ1) is 16.5. The largest absolute Gasteiger partial charge is 0.387 e. The van der Waals surface area contributed by atoms with Gasteiger partial charge in [-0.1, -0.05) is 6.07 Å². The summed E-state index contributed by atoms with van der Waals surface area (Å²) in [5.41, 5.74) is 3.20. The maximum atomic E-state index is 13.1. The maximum Gasteiger partial charge on any atom is 0.256 e. The van der Waals surface area contributed by atoms with Crippen LogP contribution in [0.3, 0.4) is 0 Å². The highest BCUT2D eigenvalue weighted by Gasteiger charge is 2.25. The quantitative estimate of drug-likeness (QED) is 0.735. The van der Waals surface area contributed by atoms with Crippen molar-refractivity contribution >= 4 is 16.8 Å². The number of nitrogens with zero attached hydrogens (tertiary/aromatic N) is 3. The van der Waals surface area contributed by atoms with Crippen molar-refractivity contribution in [1.29, 1.82) is 0 Å². The average molecular weight is 352 g/mol. The van der Waals surface area contributed by atoms with Crippen LogP contribution in [0.15, 0.2) is 35.1 Å². The molecule has 1 aliphatic rings. The predicted octanol–water partition coefficient (Wildman–Crippen LogP) is 1.74. The summed E-state index contributed by atoms with van der Waals surface area (Å²) in [5, 5.41) is 14.6. The minimum atomic E-state index is -0.636. The van der Waals surface area contributed by atoms with Gasteiger partial charge in [0, 0.05) is 23.7 Å². The molecule has 7 heteroatoms. The molecule has 0 bridgehead atoms. The van der Waals surface area contributed by atoms with Crippen molar-refractivity contribution in [1.82, 2.24) is 19.7 Å². The minimum Gasteiger partial charge on any atom is -0.387 e. The van der Waals surface area contributed by atoms with Crippen LogP contribution >= 0.6 is 0 Å². The van der Waals surface area contributed by atoms with Crippen molar-refractivity contribution in [3.05, 3.63) is 63.2 Å². The van der Waals surface area contributed by atoms with Crippen LogP contribution in [0.1, 0.15) is 40.5 Å². The van der Waals surface area contributed by atoms with Gasteiger partial charge < -0.3 is 15.0 Å². The van der Waals surface area contributed by atoms with Crippen molar-refractivity contribution in [2.75, 3.05) is 6.54 Å². The number of carbonyl (C=O) groups excluding carboxylic acids is 1. The zero-order valence-corrected chi connectivity index (χ0v) is 14.7. The summed E-state index contributed by atoms with van der Waals surface area (Å²) in [7, 11) is 0. The molecule has 2 N–H and O–H groups in total. The van der Waals surface area contributed by atoms with Crippen LogP contribution in [0.5, 0.6) is 0 Å². The summed E-state index contributed by atoms with van der Waals surface area (Å²) >= 11 is 0. The number of amides is 1. The van der Waals surface area contributed by atoms with Gasteiger partial charge in [0.05, 0.1) is 41.7 Å². The number of aromatic nitrogens is 3. The van der Waals surface area contributed by atoms with E-state index in [1.54, 1.807) is 36.9 Å². The molecule has 0 aliphatic carbocycles. The van der Waals surface area contributed by atoms with Gasteiger partial charge in [-0.05, 0) is 32.0 Å². The second-order valence-corrected chi connectivity index (χ2v) is 6.73. The number of para-hydroxylation sites is 1. The van der Waals surface area contributed by atoms with Gasteiger partial charge in [0.1, 0.15) is 0 Å². The van der Waals surface area contributed by atoms with E-state index in [2.05, 4.69) is 10.1 Å². The number of carbonyl (C=O) groups is 1. The van der Waals surface area contributed by atoms with Crippen molar-refractivity contribution < 1.29 is 9.90 Å². The van der Waals surface area contributed by atoms with Crippen molar-refractivity contribution in [2.24, 2.45) is 0 Å². The van der Waals surface area contributed by atoms with Crippen LogP contribution in [-0.2, 0) is 13.1 Å². The van der Waals surface area contributed by atoms with Gasteiger partial charge in [-0.15, -0.1) is 0 Å². The third-order valence-corrected chi connectivity index (χ3v) is 4.76. The van der Waals surface area contributed by atoms with Crippen molar-refractivity contribution in [3.8, 4) is 0 Å². The van der Waals surface area contributed by atoms with Gasteiger partial charge in [0.2, 0.25) is 0 Å². The molecule has 1 aliphatic heterocycles. The third-order valence-electron chi connectivity index (χ3n) is 4.76. The van der Waals surface area contributed by atoms with Crippen LogP contribution in [0.25, 0.3) is 10.9 Å². The molecule has 0 spiro atoms. The molecule has 3 heterocycles. The van der Waals surface area contributed by atoms with E-state index >= 15 is 0 Å². The van der Waals surface area contributed by atoms with Gasteiger partial charge in [0.25, 0.3) is 5.91 Å². The Morgan fingerprint density at radius 1 is 1.31 bits per heavy atom. The summed E-state index contributed by atoms with van der Waals surface area (Å²) in [4.78, 5) is 30.2. The van der Waals surface area contributed by atoms with E-state index in [0.29, 0.717) is 41.8 Å². The Hall–Kier alpha value is -2.93. The fourth-order valence-corrected chi connectivity index (χ4v) is 3.41. The summed E-state index contributed by atoms with van der Waals surface area (Å²) < 4.78 is 1.83. The van der Waals surface area contributed by atoms with Gasteiger partial charge in [-0.25, -0.2) is 0 Å². The molecular weight excluding hydrogens is 332 g/mol. The van der Waals surface area contributed by atoms with Crippen molar-refractivity contribution in [3.63, 3.8) is 0 Å².